The molecule has 0 saturated carbocycles. The molecule has 1 amide bonds. The van der Waals surface area contributed by atoms with Crippen LogP contribution in [0.5, 0.6) is 5.75 Å². The van der Waals surface area contributed by atoms with Crippen molar-refractivity contribution in [2.75, 3.05) is 5.32 Å². The van der Waals surface area contributed by atoms with Gasteiger partial charge >= 0.3 is 6.09 Å². The maximum atomic E-state index is 11.7. The smallest absolute Gasteiger partial charge is 0.412 e. The van der Waals surface area contributed by atoms with Crippen molar-refractivity contribution in [1.29, 1.82) is 0 Å². The summed E-state index contributed by atoms with van der Waals surface area (Å²) < 4.78 is 10.9. The van der Waals surface area contributed by atoms with E-state index in [2.05, 4.69) is 5.32 Å². The number of carbonyl (C=O) groups excluding carboxylic acids is 1. The fraction of sp³-hybridized carbons (Fsp3) is 0.278. The average Bonchev–Trinajstić information content (AvgIpc) is 2.44. The van der Waals surface area contributed by atoms with Gasteiger partial charge < -0.3 is 9.47 Å². The molecule has 0 aliphatic heterocycles. The first-order valence-electron chi connectivity index (χ1n) is 7.19. The lowest BCUT2D eigenvalue weighted by Gasteiger charge is -2.19. The molecule has 0 unspecified atom stereocenters. The van der Waals surface area contributed by atoms with E-state index in [1.807, 2.05) is 63.2 Å². The van der Waals surface area contributed by atoms with Crippen molar-refractivity contribution in [3.63, 3.8) is 0 Å². The predicted molar refractivity (Wildman–Crippen MR) is 87.1 cm³/mol. The quantitative estimate of drug-likeness (QED) is 0.896. The highest BCUT2D eigenvalue weighted by molar-refractivity contribution is 5.85. The van der Waals surface area contributed by atoms with Crippen LogP contribution in [-0.2, 0) is 11.3 Å². The second-order valence-corrected chi connectivity index (χ2v) is 5.93. The van der Waals surface area contributed by atoms with Crippen LogP contribution in [0.3, 0.4) is 0 Å². The maximum absolute atomic E-state index is 11.7. The summed E-state index contributed by atoms with van der Waals surface area (Å²) in [6.45, 7) is 5.96. The Balaban J connectivity index is 1.94. The third-order valence-corrected chi connectivity index (χ3v) is 2.73. The Morgan fingerprint density at radius 2 is 1.77 bits per heavy atom. The van der Waals surface area contributed by atoms with Crippen LogP contribution < -0.4 is 10.1 Å². The number of hydrogen-bond acceptors (Lipinski definition) is 3. The summed E-state index contributed by atoms with van der Waals surface area (Å²) in [6, 6.07) is 17.2. The van der Waals surface area contributed by atoms with Gasteiger partial charge in [-0.3, -0.25) is 5.32 Å². The lowest BCUT2D eigenvalue weighted by molar-refractivity contribution is 0.0636. The molecule has 0 saturated heterocycles. The predicted octanol–water partition coefficient (Wildman–Crippen LogP) is 4.61. The van der Waals surface area contributed by atoms with Crippen LogP contribution >= 0.6 is 0 Å². The van der Waals surface area contributed by atoms with Gasteiger partial charge in [0, 0.05) is 11.8 Å². The summed E-state index contributed by atoms with van der Waals surface area (Å²) in [4.78, 5) is 11.7. The highest BCUT2D eigenvalue weighted by atomic mass is 16.6. The Bertz CT molecular complexity index is 618. The van der Waals surface area contributed by atoms with E-state index in [0.29, 0.717) is 18.0 Å². The topological polar surface area (TPSA) is 47.6 Å². The van der Waals surface area contributed by atoms with Crippen LogP contribution in [0.2, 0.25) is 0 Å². The molecule has 0 atom stereocenters. The SMILES string of the molecule is CC(C)(C)OC(=O)Nc1cccc(OCc2ccccc2)c1. The Morgan fingerprint density at radius 1 is 1.05 bits per heavy atom. The molecule has 2 aromatic carbocycles. The standard InChI is InChI=1S/C18H21NO3/c1-18(2,3)22-17(20)19-15-10-7-11-16(12-15)21-13-14-8-5-4-6-9-14/h4-12H,13H2,1-3H3,(H,19,20). The molecule has 0 bridgehead atoms. The summed E-state index contributed by atoms with van der Waals surface area (Å²) in [6.07, 6.45) is -0.479. The van der Waals surface area contributed by atoms with Crippen LogP contribution in [0.25, 0.3) is 0 Å². The highest BCUT2D eigenvalue weighted by Gasteiger charge is 2.16. The first-order chi connectivity index (χ1) is 10.4. The van der Waals surface area contributed by atoms with Gasteiger partial charge in [0.25, 0.3) is 0 Å². The minimum absolute atomic E-state index is 0.479. The maximum Gasteiger partial charge on any atom is 0.412 e. The van der Waals surface area contributed by atoms with E-state index in [0.717, 1.165) is 5.56 Å². The molecule has 116 valence electrons. The molecule has 0 fully saturated rings. The highest BCUT2D eigenvalue weighted by Crippen LogP contribution is 2.19. The van der Waals surface area contributed by atoms with Gasteiger partial charge in [0.05, 0.1) is 0 Å². The zero-order chi connectivity index (χ0) is 16.0. The van der Waals surface area contributed by atoms with Crippen LogP contribution in [0, 0.1) is 0 Å². The van der Waals surface area contributed by atoms with E-state index in [1.165, 1.54) is 0 Å². The van der Waals surface area contributed by atoms with Gasteiger partial charge in [-0.15, -0.1) is 0 Å². The van der Waals surface area contributed by atoms with Gasteiger partial charge in [-0.1, -0.05) is 36.4 Å². The molecule has 0 heterocycles. The van der Waals surface area contributed by atoms with Crippen molar-refractivity contribution in [2.24, 2.45) is 0 Å². The number of carbonyl (C=O) groups is 1. The molecule has 4 nitrogen and oxygen atoms in total. The number of hydrogen-bond donors (Lipinski definition) is 1. The van der Waals surface area contributed by atoms with Crippen LogP contribution in [0.1, 0.15) is 26.3 Å². The third kappa shape index (κ3) is 5.48. The molecule has 2 aromatic rings. The van der Waals surface area contributed by atoms with Crippen LogP contribution in [0.4, 0.5) is 10.5 Å². The van der Waals surface area contributed by atoms with E-state index in [-0.39, 0.29) is 0 Å². The average molecular weight is 299 g/mol. The van der Waals surface area contributed by atoms with Crippen molar-refractivity contribution in [3.8, 4) is 5.75 Å². The molecule has 0 spiro atoms. The van der Waals surface area contributed by atoms with E-state index in [1.54, 1.807) is 12.1 Å². The van der Waals surface area contributed by atoms with E-state index >= 15 is 0 Å². The summed E-state index contributed by atoms with van der Waals surface area (Å²) in [5.74, 6) is 0.692. The number of benzene rings is 2. The molecular weight excluding hydrogens is 278 g/mol. The van der Waals surface area contributed by atoms with Gasteiger partial charge in [-0.25, -0.2) is 4.79 Å². The van der Waals surface area contributed by atoms with Crippen molar-refractivity contribution in [2.45, 2.75) is 33.0 Å². The zero-order valence-corrected chi connectivity index (χ0v) is 13.1. The molecule has 1 N–H and O–H groups in total. The Kier molecular flexibility index (Phi) is 5.04. The Morgan fingerprint density at radius 3 is 2.45 bits per heavy atom. The fourth-order valence-corrected chi connectivity index (χ4v) is 1.83. The first-order valence-corrected chi connectivity index (χ1v) is 7.19. The summed E-state index contributed by atoms with van der Waals surface area (Å²) >= 11 is 0. The minimum Gasteiger partial charge on any atom is -0.489 e. The fourth-order valence-electron chi connectivity index (χ4n) is 1.83. The number of amides is 1. The molecule has 2 rings (SSSR count). The molecule has 4 heteroatoms. The number of anilines is 1. The molecule has 0 aliphatic rings. The van der Waals surface area contributed by atoms with Crippen molar-refractivity contribution >= 4 is 11.8 Å². The van der Waals surface area contributed by atoms with Gasteiger partial charge in [-0.2, -0.15) is 0 Å². The van der Waals surface area contributed by atoms with E-state index < -0.39 is 11.7 Å². The van der Waals surface area contributed by atoms with Crippen LogP contribution in [0.15, 0.2) is 54.6 Å². The lowest BCUT2D eigenvalue weighted by atomic mass is 10.2. The van der Waals surface area contributed by atoms with Crippen molar-refractivity contribution < 1.29 is 14.3 Å². The second kappa shape index (κ2) is 6.98. The number of rotatable bonds is 4. The van der Waals surface area contributed by atoms with Crippen molar-refractivity contribution in [1.82, 2.24) is 0 Å². The van der Waals surface area contributed by atoms with Crippen LogP contribution in [-0.4, -0.2) is 11.7 Å². The second-order valence-electron chi connectivity index (χ2n) is 5.93. The molecular formula is C18H21NO3. The summed E-state index contributed by atoms with van der Waals surface area (Å²) in [5, 5.41) is 2.70. The molecule has 0 aromatic heterocycles. The lowest BCUT2D eigenvalue weighted by Crippen LogP contribution is -2.27. The van der Waals surface area contributed by atoms with Gasteiger partial charge in [-0.05, 0) is 38.5 Å². The zero-order valence-electron chi connectivity index (χ0n) is 13.1. The van der Waals surface area contributed by atoms with Gasteiger partial charge in [0.1, 0.15) is 18.0 Å². The summed E-state index contributed by atoms with van der Waals surface area (Å²) in [5.41, 5.74) is 1.21. The Hall–Kier alpha value is -2.49. The van der Waals surface area contributed by atoms with Gasteiger partial charge in [0.15, 0.2) is 0 Å². The van der Waals surface area contributed by atoms with Gasteiger partial charge in [0.2, 0.25) is 0 Å². The third-order valence-electron chi connectivity index (χ3n) is 2.73. The number of nitrogens with one attached hydrogen (secondary N) is 1. The molecule has 0 aliphatic carbocycles. The summed E-state index contributed by atoms with van der Waals surface area (Å²) in [7, 11) is 0. The molecule has 0 radical (unpaired) electrons. The van der Waals surface area contributed by atoms with Crippen molar-refractivity contribution in [3.05, 3.63) is 60.2 Å². The normalized spacial score (nSPS) is 10.9. The van der Waals surface area contributed by atoms with E-state index in [9.17, 15) is 4.79 Å². The number of ether oxygens (including phenoxy) is 2. The Labute approximate surface area is 131 Å². The van der Waals surface area contributed by atoms with E-state index in [4.69, 9.17) is 9.47 Å². The first kappa shape index (κ1) is 15.9. The largest absolute Gasteiger partial charge is 0.489 e. The minimum atomic E-state index is -0.522. The molecule has 22 heavy (non-hydrogen) atoms. The monoisotopic (exact) mass is 299 g/mol.